The highest BCUT2D eigenvalue weighted by Gasteiger charge is 2.36. The zero-order chi connectivity index (χ0) is 7.72. The van der Waals surface area contributed by atoms with Gasteiger partial charge in [0, 0.05) is 22.6 Å². The molecule has 1 heterocycles. The van der Waals surface area contributed by atoms with E-state index in [4.69, 9.17) is 10.8 Å². The van der Waals surface area contributed by atoms with Crippen molar-refractivity contribution < 1.29 is 14.1 Å². The van der Waals surface area contributed by atoms with E-state index in [-0.39, 0.29) is 0 Å². The number of carbonyl (C=O) groups is 1. The number of rotatable bonds is 1. The summed E-state index contributed by atoms with van der Waals surface area (Å²) in [5.41, 5.74) is 5.40. The molecule has 5 heteroatoms. The lowest BCUT2D eigenvalue weighted by Crippen LogP contribution is -2.37. The fourth-order valence-corrected chi connectivity index (χ4v) is 2.53. The minimum Gasteiger partial charge on any atom is -0.480 e. The fourth-order valence-electron chi connectivity index (χ4n) is 1.02. The second-order valence-electron chi connectivity index (χ2n) is 2.30. The lowest BCUT2D eigenvalue weighted by atomic mass is 10.2. The minimum absolute atomic E-state index is 0.418. The highest BCUT2D eigenvalue weighted by molar-refractivity contribution is 7.86. The third kappa shape index (κ3) is 1.19. The van der Waals surface area contributed by atoms with Crippen LogP contribution in [0.15, 0.2) is 0 Å². The molecule has 0 aromatic rings. The molecule has 3 atom stereocenters. The summed E-state index contributed by atoms with van der Waals surface area (Å²) in [6, 6.07) is -0.418. The van der Waals surface area contributed by atoms with Crippen molar-refractivity contribution in [1.29, 1.82) is 0 Å². The Morgan fingerprint density at radius 3 is 2.50 bits per heavy atom. The van der Waals surface area contributed by atoms with Crippen molar-refractivity contribution in [3.05, 3.63) is 0 Å². The third-order valence-electron chi connectivity index (χ3n) is 1.57. The highest BCUT2D eigenvalue weighted by atomic mass is 32.2. The Bertz CT molecular complexity index is 182. The maximum absolute atomic E-state index is 10.9. The molecule has 1 rings (SSSR count). The number of nitrogens with two attached hydrogens (primary N) is 1. The maximum atomic E-state index is 10.9. The largest absolute Gasteiger partial charge is 0.480 e. The van der Waals surface area contributed by atoms with Gasteiger partial charge in [0.2, 0.25) is 0 Å². The second-order valence-corrected chi connectivity index (χ2v) is 3.97. The Morgan fingerprint density at radius 1 is 1.70 bits per heavy atom. The summed E-state index contributed by atoms with van der Waals surface area (Å²) >= 11 is 0. The standard InChI is InChI=1S/C5H9NO3S/c6-3-1-2-10(9)4(3)5(7)8/h3-4H,1-2,6H2,(H,7,8)/t3-,4-,10-/m1/s1. The molecule has 0 bridgehead atoms. The van der Waals surface area contributed by atoms with E-state index >= 15 is 0 Å². The molecule has 0 saturated carbocycles. The molecule has 1 aliphatic heterocycles. The van der Waals surface area contributed by atoms with Gasteiger partial charge in [-0.15, -0.1) is 0 Å². The molecule has 0 unspecified atom stereocenters. The first-order chi connectivity index (χ1) is 4.63. The second kappa shape index (κ2) is 2.67. The predicted octanol–water partition coefficient (Wildman–Crippen LogP) is -1.08. The van der Waals surface area contributed by atoms with Gasteiger partial charge in [0.1, 0.15) is 5.25 Å². The molecule has 0 amide bonds. The zero-order valence-corrected chi connectivity index (χ0v) is 6.13. The summed E-state index contributed by atoms with van der Waals surface area (Å²) < 4.78 is 10.9. The molecule has 10 heavy (non-hydrogen) atoms. The molecular formula is C5H9NO3S. The summed E-state index contributed by atoms with van der Waals surface area (Å²) in [5, 5.41) is 7.65. The third-order valence-corrected chi connectivity index (χ3v) is 3.32. The normalized spacial score (nSPS) is 39.9. The molecule has 1 saturated heterocycles. The molecule has 58 valence electrons. The Kier molecular flexibility index (Phi) is 2.05. The Hall–Kier alpha value is -0.420. The van der Waals surface area contributed by atoms with Crippen LogP contribution >= 0.6 is 0 Å². The smallest absolute Gasteiger partial charge is 0.320 e. The molecule has 1 fully saturated rings. The summed E-state index contributed by atoms with van der Waals surface area (Å²) in [7, 11) is -1.25. The van der Waals surface area contributed by atoms with Gasteiger partial charge in [-0.1, -0.05) is 0 Å². The van der Waals surface area contributed by atoms with Gasteiger partial charge in [0.05, 0.1) is 0 Å². The van der Waals surface area contributed by atoms with Crippen molar-refractivity contribution in [2.75, 3.05) is 5.75 Å². The van der Waals surface area contributed by atoms with Gasteiger partial charge in [0.15, 0.2) is 0 Å². The van der Waals surface area contributed by atoms with Crippen molar-refractivity contribution in [2.45, 2.75) is 17.7 Å². The van der Waals surface area contributed by atoms with E-state index in [1.54, 1.807) is 0 Å². The number of aliphatic carboxylic acids is 1. The van der Waals surface area contributed by atoms with Crippen LogP contribution in [0.3, 0.4) is 0 Å². The van der Waals surface area contributed by atoms with E-state index in [1.165, 1.54) is 0 Å². The van der Waals surface area contributed by atoms with Crippen molar-refractivity contribution in [2.24, 2.45) is 5.73 Å². The fraction of sp³-hybridized carbons (Fsp3) is 0.800. The SMILES string of the molecule is N[C@@H]1CC[S@@](=O)[C@H]1C(=O)O. The van der Waals surface area contributed by atoms with Crippen LogP contribution in [0.2, 0.25) is 0 Å². The Morgan fingerprint density at radius 2 is 2.30 bits per heavy atom. The average molecular weight is 163 g/mol. The van der Waals surface area contributed by atoms with Crippen LogP contribution in [0, 0.1) is 0 Å². The molecule has 0 aliphatic carbocycles. The van der Waals surface area contributed by atoms with Crippen LogP contribution < -0.4 is 5.73 Å². The molecule has 0 radical (unpaired) electrons. The van der Waals surface area contributed by atoms with Crippen molar-refractivity contribution in [3.8, 4) is 0 Å². The molecule has 0 spiro atoms. The first kappa shape index (κ1) is 7.68. The summed E-state index contributed by atoms with van der Waals surface area (Å²) in [6.45, 7) is 0. The van der Waals surface area contributed by atoms with E-state index in [9.17, 15) is 9.00 Å². The van der Waals surface area contributed by atoms with Crippen molar-refractivity contribution >= 4 is 16.8 Å². The molecule has 3 N–H and O–H groups in total. The van der Waals surface area contributed by atoms with Crippen LogP contribution in [0.25, 0.3) is 0 Å². The first-order valence-corrected chi connectivity index (χ1v) is 4.36. The number of hydrogen-bond acceptors (Lipinski definition) is 3. The van der Waals surface area contributed by atoms with Crippen LogP contribution in [-0.2, 0) is 15.6 Å². The summed E-state index contributed by atoms with van der Waals surface area (Å²) in [5.74, 6) is -0.610. The number of hydrogen-bond donors (Lipinski definition) is 2. The van der Waals surface area contributed by atoms with Gasteiger partial charge < -0.3 is 10.8 Å². The Balaban J connectivity index is 2.72. The zero-order valence-electron chi connectivity index (χ0n) is 5.32. The van der Waals surface area contributed by atoms with Crippen molar-refractivity contribution in [1.82, 2.24) is 0 Å². The van der Waals surface area contributed by atoms with Gasteiger partial charge in [-0.25, -0.2) is 0 Å². The monoisotopic (exact) mass is 163 g/mol. The van der Waals surface area contributed by atoms with Gasteiger partial charge in [0.25, 0.3) is 0 Å². The lowest BCUT2D eigenvalue weighted by molar-refractivity contribution is -0.136. The average Bonchev–Trinajstić information content (AvgIpc) is 2.11. The number of carboxylic acids is 1. The minimum atomic E-state index is -1.25. The van der Waals surface area contributed by atoms with Gasteiger partial charge >= 0.3 is 5.97 Å². The van der Waals surface area contributed by atoms with E-state index in [1.807, 2.05) is 0 Å². The topological polar surface area (TPSA) is 80.4 Å². The lowest BCUT2D eigenvalue weighted by Gasteiger charge is -2.06. The van der Waals surface area contributed by atoms with Crippen LogP contribution in [0.5, 0.6) is 0 Å². The van der Waals surface area contributed by atoms with E-state index in [0.717, 1.165) is 0 Å². The van der Waals surface area contributed by atoms with Gasteiger partial charge in [-0.2, -0.15) is 0 Å². The van der Waals surface area contributed by atoms with Crippen LogP contribution in [-0.4, -0.2) is 32.3 Å². The van der Waals surface area contributed by atoms with Crippen molar-refractivity contribution in [3.63, 3.8) is 0 Å². The Labute approximate surface area is 60.9 Å². The van der Waals surface area contributed by atoms with Crippen LogP contribution in [0.1, 0.15) is 6.42 Å². The summed E-state index contributed by atoms with van der Waals surface area (Å²) in [6.07, 6.45) is 0.559. The summed E-state index contributed by atoms with van der Waals surface area (Å²) in [4.78, 5) is 10.3. The van der Waals surface area contributed by atoms with E-state index in [0.29, 0.717) is 12.2 Å². The van der Waals surface area contributed by atoms with Gasteiger partial charge in [-0.05, 0) is 6.42 Å². The van der Waals surface area contributed by atoms with E-state index in [2.05, 4.69) is 0 Å². The molecule has 0 aromatic heterocycles. The number of carboxylic acid groups (broad SMARTS) is 1. The molecular weight excluding hydrogens is 154 g/mol. The molecule has 1 aliphatic rings. The molecule has 4 nitrogen and oxygen atoms in total. The highest BCUT2D eigenvalue weighted by Crippen LogP contribution is 2.14. The van der Waals surface area contributed by atoms with Crippen LogP contribution in [0.4, 0.5) is 0 Å². The quantitative estimate of drug-likeness (QED) is 0.515. The van der Waals surface area contributed by atoms with Gasteiger partial charge in [-0.3, -0.25) is 9.00 Å². The first-order valence-electron chi connectivity index (χ1n) is 2.98. The predicted molar refractivity (Wildman–Crippen MR) is 37.0 cm³/mol. The van der Waals surface area contributed by atoms with E-state index < -0.39 is 28.1 Å². The maximum Gasteiger partial charge on any atom is 0.320 e. The molecule has 0 aromatic carbocycles.